The topological polar surface area (TPSA) is 78.0 Å². The van der Waals surface area contributed by atoms with Gasteiger partial charge in [-0.2, -0.15) is 5.10 Å². The van der Waals surface area contributed by atoms with Crippen LogP contribution >= 0.6 is 0 Å². The average Bonchev–Trinajstić information content (AvgIpc) is 2.83. The number of nitrogens with zero attached hydrogens (tertiary/aromatic N) is 1. The molecule has 1 amide bonds. The fraction of sp³-hybridized carbons (Fsp3) is 0.273. The van der Waals surface area contributed by atoms with Crippen LogP contribution in [-0.4, -0.2) is 40.3 Å². The minimum absolute atomic E-state index is 0.250. The molecule has 1 heterocycles. The minimum atomic E-state index is -3.31. The molecule has 2 aromatic rings. The number of aromatic amines is 1. The zero-order valence-corrected chi connectivity index (χ0v) is 9.28. The zero-order chi connectivity index (χ0) is 13.2. The number of alkyl halides is 2. The summed E-state index contributed by atoms with van der Waals surface area (Å²) in [5, 5.41) is 17.7. The molecule has 1 aromatic heterocycles. The summed E-state index contributed by atoms with van der Waals surface area (Å²) in [5.41, 5.74) is 0.900. The summed E-state index contributed by atoms with van der Waals surface area (Å²) in [6.45, 7) is -2.20. The van der Waals surface area contributed by atoms with E-state index in [1.54, 1.807) is 12.3 Å². The zero-order valence-electron chi connectivity index (χ0n) is 9.28. The van der Waals surface area contributed by atoms with Gasteiger partial charge >= 0.3 is 0 Å². The van der Waals surface area contributed by atoms with Crippen molar-refractivity contribution >= 4 is 16.8 Å². The predicted octanol–water partition coefficient (Wildman–Crippen LogP) is 0.920. The smallest absolute Gasteiger partial charge is 0.287 e. The molecule has 7 heteroatoms. The Morgan fingerprint density at radius 3 is 3.00 bits per heavy atom. The first-order valence-corrected chi connectivity index (χ1v) is 5.22. The van der Waals surface area contributed by atoms with Gasteiger partial charge in [-0.15, -0.1) is 0 Å². The number of hydrogen-bond donors (Lipinski definition) is 3. The van der Waals surface area contributed by atoms with E-state index in [9.17, 15) is 13.6 Å². The number of aromatic nitrogens is 2. The Morgan fingerprint density at radius 2 is 2.28 bits per heavy atom. The van der Waals surface area contributed by atoms with Crippen LogP contribution in [0, 0.1) is 0 Å². The Balaban J connectivity index is 2.08. The molecule has 0 unspecified atom stereocenters. The number of rotatable bonds is 4. The number of aliphatic hydroxyl groups is 1. The summed E-state index contributed by atoms with van der Waals surface area (Å²) in [6.07, 6.45) is 1.59. The highest BCUT2D eigenvalue weighted by atomic mass is 19.3. The molecule has 0 saturated heterocycles. The average molecular weight is 255 g/mol. The third kappa shape index (κ3) is 2.62. The quantitative estimate of drug-likeness (QED) is 0.760. The van der Waals surface area contributed by atoms with E-state index in [-0.39, 0.29) is 5.56 Å². The first kappa shape index (κ1) is 12.4. The molecule has 0 fully saturated rings. The van der Waals surface area contributed by atoms with Gasteiger partial charge in [0.1, 0.15) is 6.61 Å². The van der Waals surface area contributed by atoms with E-state index in [0.29, 0.717) is 5.52 Å². The summed E-state index contributed by atoms with van der Waals surface area (Å²) in [4.78, 5) is 11.6. The highest BCUT2D eigenvalue weighted by Gasteiger charge is 2.28. The van der Waals surface area contributed by atoms with Crippen molar-refractivity contribution in [3.63, 3.8) is 0 Å². The molecule has 5 nitrogen and oxygen atoms in total. The number of halogens is 2. The molecule has 18 heavy (non-hydrogen) atoms. The maximum atomic E-state index is 12.8. The van der Waals surface area contributed by atoms with Gasteiger partial charge in [-0.3, -0.25) is 9.89 Å². The molecule has 1 aromatic carbocycles. The van der Waals surface area contributed by atoms with E-state index in [1.807, 2.05) is 0 Å². The van der Waals surface area contributed by atoms with E-state index in [2.05, 4.69) is 15.5 Å². The molecule has 0 aliphatic heterocycles. The molecule has 0 atom stereocenters. The number of carbonyl (C=O) groups excluding carboxylic acids is 1. The van der Waals surface area contributed by atoms with Gasteiger partial charge in [0.15, 0.2) is 0 Å². The number of benzene rings is 1. The second kappa shape index (κ2) is 4.69. The lowest BCUT2D eigenvalue weighted by Crippen LogP contribution is -2.38. The number of H-pyrrole nitrogens is 1. The van der Waals surface area contributed by atoms with Crippen LogP contribution in [0.4, 0.5) is 8.78 Å². The SMILES string of the molecule is O=C(NCC(F)(F)CO)c1ccc2cn[nH]c2c1. The predicted molar refractivity (Wildman–Crippen MR) is 60.5 cm³/mol. The van der Waals surface area contributed by atoms with Gasteiger partial charge < -0.3 is 10.4 Å². The normalized spacial score (nSPS) is 11.7. The number of carbonyl (C=O) groups is 1. The number of hydrogen-bond acceptors (Lipinski definition) is 3. The summed E-state index contributed by atoms with van der Waals surface area (Å²) in [5.74, 6) is -3.94. The van der Waals surface area contributed by atoms with Crippen molar-refractivity contribution in [3.05, 3.63) is 30.0 Å². The Labute approximate surface area is 101 Å². The molecule has 0 aliphatic rings. The Bertz CT molecular complexity index is 568. The van der Waals surface area contributed by atoms with E-state index in [0.717, 1.165) is 5.39 Å². The monoisotopic (exact) mass is 255 g/mol. The molecule has 3 N–H and O–H groups in total. The van der Waals surface area contributed by atoms with Crippen molar-refractivity contribution in [1.82, 2.24) is 15.5 Å². The second-order valence-corrected chi connectivity index (χ2v) is 3.87. The molecule has 96 valence electrons. The van der Waals surface area contributed by atoms with E-state index < -0.39 is 25.0 Å². The molecule has 0 bridgehead atoms. The van der Waals surface area contributed by atoms with Crippen LogP contribution in [-0.2, 0) is 0 Å². The lowest BCUT2D eigenvalue weighted by atomic mass is 10.1. The van der Waals surface area contributed by atoms with Gasteiger partial charge in [-0.1, -0.05) is 6.07 Å². The second-order valence-electron chi connectivity index (χ2n) is 3.87. The number of amides is 1. The fourth-order valence-electron chi connectivity index (χ4n) is 1.45. The van der Waals surface area contributed by atoms with Gasteiger partial charge in [-0.25, -0.2) is 8.78 Å². The lowest BCUT2D eigenvalue weighted by Gasteiger charge is -2.13. The van der Waals surface area contributed by atoms with Crippen molar-refractivity contribution < 1.29 is 18.7 Å². The maximum absolute atomic E-state index is 12.8. The highest BCUT2D eigenvalue weighted by Crippen LogP contribution is 2.14. The van der Waals surface area contributed by atoms with Crippen LogP contribution in [0.25, 0.3) is 10.9 Å². The van der Waals surface area contributed by atoms with Gasteiger partial charge in [0.05, 0.1) is 18.3 Å². The van der Waals surface area contributed by atoms with Crippen molar-refractivity contribution in [3.8, 4) is 0 Å². The minimum Gasteiger partial charge on any atom is -0.390 e. The first-order chi connectivity index (χ1) is 8.52. The van der Waals surface area contributed by atoms with Gasteiger partial charge in [-0.05, 0) is 12.1 Å². The van der Waals surface area contributed by atoms with Crippen molar-refractivity contribution in [2.24, 2.45) is 0 Å². The van der Waals surface area contributed by atoms with E-state index in [4.69, 9.17) is 5.11 Å². The molecule has 0 aliphatic carbocycles. The van der Waals surface area contributed by atoms with Gasteiger partial charge in [0.2, 0.25) is 0 Å². The fourth-order valence-corrected chi connectivity index (χ4v) is 1.45. The van der Waals surface area contributed by atoms with Crippen LogP contribution in [0.5, 0.6) is 0 Å². The molecule has 0 saturated carbocycles. The Kier molecular flexibility index (Phi) is 3.24. The highest BCUT2D eigenvalue weighted by molar-refractivity contribution is 5.97. The van der Waals surface area contributed by atoms with Crippen LogP contribution in [0.15, 0.2) is 24.4 Å². The summed E-state index contributed by atoms with van der Waals surface area (Å²) < 4.78 is 25.5. The van der Waals surface area contributed by atoms with Gasteiger partial charge in [0.25, 0.3) is 11.8 Å². The standard InChI is InChI=1S/C11H11F2N3O2/c12-11(13,6-17)5-14-10(18)7-1-2-8-4-15-16-9(8)3-7/h1-4,17H,5-6H2,(H,14,18)(H,15,16). The van der Waals surface area contributed by atoms with Crippen LogP contribution < -0.4 is 5.32 Å². The molecule has 0 radical (unpaired) electrons. The third-order valence-electron chi connectivity index (χ3n) is 2.44. The number of aliphatic hydroxyl groups excluding tert-OH is 1. The Morgan fingerprint density at radius 1 is 1.50 bits per heavy atom. The number of fused-ring (bicyclic) bond motifs is 1. The number of nitrogens with one attached hydrogen (secondary N) is 2. The molecular weight excluding hydrogens is 244 g/mol. The Hall–Kier alpha value is -2.02. The first-order valence-electron chi connectivity index (χ1n) is 5.22. The van der Waals surface area contributed by atoms with Crippen molar-refractivity contribution in [1.29, 1.82) is 0 Å². The van der Waals surface area contributed by atoms with Crippen LogP contribution in [0.3, 0.4) is 0 Å². The molecule has 0 spiro atoms. The van der Waals surface area contributed by atoms with Crippen molar-refractivity contribution in [2.75, 3.05) is 13.2 Å². The van der Waals surface area contributed by atoms with E-state index in [1.165, 1.54) is 12.1 Å². The van der Waals surface area contributed by atoms with Crippen molar-refractivity contribution in [2.45, 2.75) is 5.92 Å². The summed E-state index contributed by atoms with van der Waals surface area (Å²) in [6, 6.07) is 4.71. The van der Waals surface area contributed by atoms with E-state index >= 15 is 0 Å². The van der Waals surface area contributed by atoms with Crippen LogP contribution in [0.2, 0.25) is 0 Å². The van der Waals surface area contributed by atoms with Crippen LogP contribution in [0.1, 0.15) is 10.4 Å². The molecular formula is C11H11F2N3O2. The van der Waals surface area contributed by atoms with Gasteiger partial charge in [0, 0.05) is 10.9 Å². The molecule has 2 rings (SSSR count). The lowest BCUT2D eigenvalue weighted by molar-refractivity contribution is -0.0462. The summed E-state index contributed by atoms with van der Waals surface area (Å²) in [7, 11) is 0. The third-order valence-corrected chi connectivity index (χ3v) is 2.44. The summed E-state index contributed by atoms with van der Waals surface area (Å²) >= 11 is 0. The maximum Gasteiger partial charge on any atom is 0.287 e. The largest absolute Gasteiger partial charge is 0.390 e.